The zero-order chi connectivity index (χ0) is 12.6. The quantitative estimate of drug-likeness (QED) is 0.645. The van der Waals surface area contributed by atoms with Gasteiger partial charge in [0, 0.05) is 0 Å². The lowest BCUT2D eigenvalue weighted by Gasteiger charge is -2.39. The van der Waals surface area contributed by atoms with Crippen molar-refractivity contribution >= 4 is 58.0 Å². The van der Waals surface area contributed by atoms with Gasteiger partial charge < -0.3 is 0 Å². The first-order chi connectivity index (χ1) is 7.85. The number of alkyl halides is 2. The van der Waals surface area contributed by atoms with Crippen LogP contribution in [0.5, 0.6) is 0 Å². The summed E-state index contributed by atoms with van der Waals surface area (Å²) in [6, 6.07) is 0. The van der Waals surface area contributed by atoms with E-state index in [2.05, 4.69) is 0 Å². The van der Waals surface area contributed by atoms with Crippen LogP contribution < -0.4 is 0 Å². The molecule has 0 radical (unpaired) electrons. The van der Waals surface area contributed by atoms with Gasteiger partial charge in [-0.15, -0.1) is 23.2 Å². The van der Waals surface area contributed by atoms with Gasteiger partial charge in [0.05, 0.1) is 0 Å². The lowest BCUT2D eigenvalue weighted by molar-refractivity contribution is -0.124. The zero-order valence-corrected chi connectivity index (χ0v) is 11.2. The molecule has 0 amide bonds. The molecule has 0 aromatic carbocycles. The first-order valence-corrected chi connectivity index (χ1v) is 6.29. The van der Waals surface area contributed by atoms with Crippen molar-refractivity contribution in [1.82, 2.24) is 0 Å². The summed E-state index contributed by atoms with van der Waals surface area (Å²) in [4.78, 5) is 21.1. The fourth-order valence-corrected chi connectivity index (χ4v) is 3.96. The smallest absolute Gasteiger partial charge is 0.203 e. The molecule has 88 valence electrons. The molecule has 2 atom stereocenters. The second-order valence-corrected chi connectivity index (χ2v) is 6.05. The Kier molecular flexibility index (Phi) is 2.21. The third kappa shape index (κ3) is 1.03. The number of hydrogen-bond acceptors (Lipinski definition) is 2. The topological polar surface area (TPSA) is 34.1 Å². The Labute approximate surface area is 117 Å². The number of halogens is 4. The molecule has 1 fully saturated rings. The Morgan fingerprint density at radius 1 is 0.882 bits per heavy atom. The molecular formula is C11H4Cl4O2. The van der Waals surface area contributed by atoms with E-state index in [0.717, 1.165) is 0 Å². The molecule has 1 saturated carbocycles. The molecule has 3 aliphatic rings. The first kappa shape index (κ1) is 11.8. The molecule has 0 saturated heterocycles. The lowest BCUT2D eigenvalue weighted by Crippen LogP contribution is -2.58. The predicted molar refractivity (Wildman–Crippen MR) is 66.7 cm³/mol. The predicted octanol–water partition coefficient (Wildman–Crippen LogP) is 3.05. The summed E-state index contributed by atoms with van der Waals surface area (Å²) < 4.78 is 0. The summed E-state index contributed by atoms with van der Waals surface area (Å²) in [6.45, 7) is 0. The highest BCUT2D eigenvalue weighted by atomic mass is 35.5. The maximum atomic E-state index is 12.2. The van der Waals surface area contributed by atoms with Crippen LogP contribution in [0.2, 0.25) is 0 Å². The van der Waals surface area contributed by atoms with Crippen molar-refractivity contribution in [3.05, 3.63) is 33.4 Å². The largest absolute Gasteiger partial charge is 0.291 e. The molecule has 2 unspecified atom stereocenters. The van der Waals surface area contributed by atoms with Crippen molar-refractivity contribution in [2.24, 2.45) is 0 Å². The molecule has 6 heteroatoms. The molecule has 17 heavy (non-hydrogen) atoms. The van der Waals surface area contributed by atoms with E-state index in [1.54, 1.807) is 12.2 Å². The Morgan fingerprint density at radius 3 is 1.59 bits per heavy atom. The average Bonchev–Trinajstić information content (AvgIpc) is 2.87. The van der Waals surface area contributed by atoms with E-state index in [-0.39, 0.29) is 10.1 Å². The highest BCUT2D eigenvalue weighted by molar-refractivity contribution is 6.68. The Morgan fingerprint density at radius 2 is 1.24 bits per heavy atom. The number of ketones is 2. The summed E-state index contributed by atoms with van der Waals surface area (Å²) in [5.74, 6) is -1.20. The van der Waals surface area contributed by atoms with Gasteiger partial charge >= 0.3 is 0 Å². The van der Waals surface area contributed by atoms with Gasteiger partial charge in [0.15, 0.2) is 9.75 Å². The molecule has 2 nitrogen and oxygen atoms in total. The van der Waals surface area contributed by atoms with Crippen LogP contribution in [0.15, 0.2) is 33.4 Å². The number of carbonyl (C=O) groups is 2. The molecule has 0 N–H and O–H groups in total. The van der Waals surface area contributed by atoms with Crippen LogP contribution in [0.4, 0.5) is 0 Å². The molecular weight excluding hydrogens is 306 g/mol. The van der Waals surface area contributed by atoms with E-state index in [9.17, 15) is 9.59 Å². The maximum absolute atomic E-state index is 12.2. The van der Waals surface area contributed by atoms with Gasteiger partial charge in [-0.1, -0.05) is 35.4 Å². The third-order valence-electron chi connectivity index (χ3n) is 3.44. The average molecular weight is 310 g/mol. The number of carbonyl (C=O) groups excluding carboxylic acids is 2. The SMILES string of the molecule is O=C1C(Cl)=C(Cl)C(=O)C2(Cl)C3=CC=C(C3)C12Cl. The highest BCUT2D eigenvalue weighted by Crippen LogP contribution is 2.62. The van der Waals surface area contributed by atoms with Crippen molar-refractivity contribution in [3.8, 4) is 0 Å². The van der Waals surface area contributed by atoms with Crippen molar-refractivity contribution in [1.29, 1.82) is 0 Å². The summed E-state index contributed by atoms with van der Waals surface area (Å²) in [5.41, 5.74) is 1.20. The first-order valence-electron chi connectivity index (χ1n) is 4.78. The second-order valence-electron chi connectivity index (χ2n) is 4.16. The Bertz CT molecular complexity index is 536. The van der Waals surface area contributed by atoms with Gasteiger partial charge in [0.25, 0.3) is 0 Å². The molecule has 3 rings (SSSR count). The molecule has 2 bridgehead atoms. The number of hydrogen-bond donors (Lipinski definition) is 0. The van der Waals surface area contributed by atoms with Gasteiger partial charge in [0.2, 0.25) is 11.6 Å². The van der Waals surface area contributed by atoms with Crippen LogP contribution in [-0.4, -0.2) is 21.3 Å². The molecule has 0 aliphatic heterocycles. The van der Waals surface area contributed by atoms with Gasteiger partial charge in [-0.3, -0.25) is 9.59 Å². The van der Waals surface area contributed by atoms with Crippen molar-refractivity contribution in [2.45, 2.75) is 16.2 Å². The number of rotatable bonds is 0. The number of Topliss-reactive ketones (excluding diaryl/α,β-unsaturated/α-hetero) is 2. The molecule has 0 spiro atoms. The molecule has 0 heterocycles. The van der Waals surface area contributed by atoms with E-state index in [0.29, 0.717) is 17.6 Å². The van der Waals surface area contributed by atoms with E-state index >= 15 is 0 Å². The third-order valence-corrected chi connectivity index (χ3v) is 5.75. The van der Waals surface area contributed by atoms with Crippen LogP contribution in [-0.2, 0) is 9.59 Å². The van der Waals surface area contributed by atoms with Crippen molar-refractivity contribution in [2.75, 3.05) is 0 Å². The minimum atomic E-state index is -1.61. The van der Waals surface area contributed by atoms with Crippen LogP contribution in [0.1, 0.15) is 6.42 Å². The summed E-state index contributed by atoms with van der Waals surface area (Å²) in [6.07, 6.45) is 3.83. The Balaban J connectivity index is 2.37. The highest BCUT2D eigenvalue weighted by Gasteiger charge is 2.71. The monoisotopic (exact) mass is 308 g/mol. The van der Waals surface area contributed by atoms with E-state index in [1.807, 2.05) is 0 Å². The fourth-order valence-electron chi connectivity index (χ4n) is 2.55. The molecule has 3 aliphatic carbocycles. The van der Waals surface area contributed by atoms with Gasteiger partial charge in [-0.2, -0.15) is 0 Å². The minimum Gasteiger partial charge on any atom is -0.291 e. The standard InChI is InChI=1S/C11H4Cl4O2/c12-6-7(13)9(17)11(15)5-2-1-4(3-5)10(11,14)8(6)16/h1-2H,3H2. The summed E-state index contributed by atoms with van der Waals surface area (Å²) >= 11 is 24.2. The van der Waals surface area contributed by atoms with Gasteiger partial charge in [0.1, 0.15) is 10.1 Å². The lowest BCUT2D eigenvalue weighted by atomic mass is 9.77. The van der Waals surface area contributed by atoms with Crippen LogP contribution in [0.3, 0.4) is 0 Å². The van der Waals surface area contributed by atoms with Crippen LogP contribution in [0, 0.1) is 0 Å². The van der Waals surface area contributed by atoms with E-state index in [4.69, 9.17) is 46.4 Å². The normalized spacial score (nSPS) is 39.5. The summed E-state index contributed by atoms with van der Waals surface area (Å²) in [5, 5.41) is -0.672. The minimum absolute atomic E-state index is 0.336. The fraction of sp³-hybridized carbons (Fsp3) is 0.273. The van der Waals surface area contributed by atoms with E-state index < -0.39 is 21.3 Å². The van der Waals surface area contributed by atoms with Crippen LogP contribution in [0.25, 0.3) is 0 Å². The zero-order valence-electron chi connectivity index (χ0n) is 8.19. The second kappa shape index (κ2) is 3.18. The molecule has 0 aromatic heterocycles. The number of allylic oxidation sites excluding steroid dienone is 6. The van der Waals surface area contributed by atoms with Crippen molar-refractivity contribution in [3.63, 3.8) is 0 Å². The van der Waals surface area contributed by atoms with Gasteiger partial charge in [-0.05, 0) is 17.6 Å². The van der Waals surface area contributed by atoms with E-state index in [1.165, 1.54) is 0 Å². The maximum Gasteiger partial charge on any atom is 0.203 e. The van der Waals surface area contributed by atoms with Crippen LogP contribution >= 0.6 is 46.4 Å². The van der Waals surface area contributed by atoms with Gasteiger partial charge in [-0.25, -0.2) is 0 Å². The van der Waals surface area contributed by atoms with Crippen molar-refractivity contribution < 1.29 is 9.59 Å². The number of fused-ring (bicyclic) bond motifs is 5. The summed E-state index contributed by atoms with van der Waals surface area (Å²) in [7, 11) is 0. The molecule has 0 aromatic rings. The Hall–Kier alpha value is -0.280.